The number of nitrogens with zero attached hydrogens (tertiary/aromatic N) is 4. The van der Waals surface area contributed by atoms with Gasteiger partial charge in [-0.1, -0.05) is 6.92 Å². The molecule has 0 atom stereocenters. The monoisotopic (exact) mass is 370 g/mol. The Bertz CT molecular complexity index is 753. The summed E-state index contributed by atoms with van der Waals surface area (Å²) in [6.45, 7) is 6.95. The fourth-order valence-electron chi connectivity index (χ4n) is 3.06. The van der Waals surface area contributed by atoms with Gasteiger partial charge in [0.1, 0.15) is 11.6 Å². The second-order valence-corrected chi connectivity index (χ2v) is 6.60. The Balaban J connectivity index is 1.57. The molecule has 3 N–H and O–H groups in total. The lowest BCUT2D eigenvalue weighted by molar-refractivity contribution is 0.624. The van der Waals surface area contributed by atoms with Crippen molar-refractivity contribution in [2.24, 2.45) is 10.7 Å². The van der Waals surface area contributed by atoms with Crippen molar-refractivity contribution < 1.29 is 4.39 Å². The number of aliphatic imine (C=N–C) groups is 1. The van der Waals surface area contributed by atoms with Crippen LogP contribution in [0.1, 0.15) is 18.9 Å². The van der Waals surface area contributed by atoms with Gasteiger partial charge in [0.15, 0.2) is 5.96 Å². The van der Waals surface area contributed by atoms with Crippen molar-refractivity contribution in [3.63, 3.8) is 0 Å². The fraction of sp³-hybridized carbons (Fsp3) is 0.400. The Morgan fingerprint density at radius 1 is 1.15 bits per heavy atom. The van der Waals surface area contributed by atoms with E-state index in [1.54, 1.807) is 0 Å². The number of hydrogen-bond donors (Lipinski definition) is 2. The van der Waals surface area contributed by atoms with Gasteiger partial charge in [-0.05, 0) is 48.4 Å². The van der Waals surface area contributed by atoms with Crippen molar-refractivity contribution in [2.45, 2.75) is 19.9 Å². The van der Waals surface area contributed by atoms with Crippen LogP contribution in [0.5, 0.6) is 0 Å². The van der Waals surface area contributed by atoms with E-state index in [2.05, 4.69) is 38.1 Å². The second-order valence-electron chi connectivity index (χ2n) is 6.60. The third kappa shape index (κ3) is 5.32. The van der Waals surface area contributed by atoms with Gasteiger partial charge in [-0.25, -0.2) is 14.4 Å². The zero-order chi connectivity index (χ0) is 19.1. The number of nitrogens with two attached hydrogens (primary N) is 1. The number of rotatable bonds is 6. The molecule has 0 bridgehead atoms. The first-order valence-corrected chi connectivity index (χ1v) is 9.40. The zero-order valence-electron chi connectivity index (χ0n) is 15.7. The molecule has 0 saturated carbocycles. The van der Waals surface area contributed by atoms with Crippen molar-refractivity contribution in [1.82, 2.24) is 10.3 Å². The maximum atomic E-state index is 13.1. The first-order valence-electron chi connectivity index (χ1n) is 9.40. The minimum Gasteiger partial charge on any atom is -0.370 e. The molecule has 7 heteroatoms. The van der Waals surface area contributed by atoms with Crippen molar-refractivity contribution in [3.05, 3.63) is 54.0 Å². The summed E-state index contributed by atoms with van der Waals surface area (Å²) in [6.07, 6.45) is 2.84. The van der Waals surface area contributed by atoms with E-state index in [-0.39, 0.29) is 5.82 Å². The van der Waals surface area contributed by atoms with Crippen molar-refractivity contribution >= 4 is 17.5 Å². The number of benzene rings is 1. The maximum absolute atomic E-state index is 13.1. The summed E-state index contributed by atoms with van der Waals surface area (Å²) in [5, 5.41) is 3.08. The molecular weight excluding hydrogens is 343 g/mol. The van der Waals surface area contributed by atoms with Crippen molar-refractivity contribution in [3.8, 4) is 0 Å². The predicted molar refractivity (Wildman–Crippen MR) is 109 cm³/mol. The van der Waals surface area contributed by atoms with E-state index in [0.29, 0.717) is 12.5 Å². The highest BCUT2D eigenvalue weighted by Crippen LogP contribution is 2.20. The lowest BCUT2D eigenvalue weighted by Gasteiger charge is -2.36. The number of hydrogen-bond acceptors (Lipinski definition) is 4. The summed E-state index contributed by atoms with van der Waals surface area (Å²) < 4.78 is 13.1. The molecule has 2 aromatic rings. The lowest BCUT2D eigenvalue weighted by atomic mass is 10.2. The molecule has 27 heavy (non-hydrogen) atoms. The van der Waals surface area contributed by atoms with E-state index in [1.165, 1.54) is 12.1 Å². The molecule has 2 heterocycles. The number of piperazine rings is 1. The van der Waals surface area contributed by atoms with Crippen LogP contribution in [0, 0.1) is 5.82 Å². The zero-order valence-corrected chi connectivity index (χ0v) is 15.7. The molecule has 1 aromatic heterocycles. The number of pyridine rings is 1. The summed E-state index contributed by atoms with van der Waals surface area (Å²) in [5.74, 6) is 1.23. The van der Waals surface area contributed by atoms with E-state index in [1.807, 2.05) is 24.4 Å². The van der Waals surface area contributed by atoms with Crippen LogP contribution in [-0.4, -0.2) is 43.7 Å². The second kappa shape index (κ2) is 9.21. The van der Waals surface area contributed by atoms with E-state index < -0.39 is 0 Å². The Kier molecular flexibility index (Phi) is 6.46. The van der Waals surface area contributed by atoms with Crippen LogP contribution in [-0.2, 0) is 6.54 Å². The predicted octanol–water partition coefficient (Wildman–Crippen LogP) is 2.36. The molecule has 1 aliphatic heterocycles. The van der Waals surface area contributed by atoms with E-state index >= 15 is 0 Å². The van der Waals surface area contributed by atoms with E-state index in [4.69, 9.17) is 5.73 Å². The molecule has 0 amide bonds. The van der Waals surface area contributed by atoms with E-state index in [0.717, 1.165) is 56.2 Å². The third-order valence-electron chi connectivity index (χ3n) is 4.59. The minimum atomic E-state index is -0.202. The van der Waals surface area contributed by atoms with E-state index in [9.17, 15) is 4.39 Å². The first kappa shape index (κ1) is 18.9. The van der Waals surface area contributed by atoms with Gasteiger partial charge in [0.05, 0.1) is 6.54 Å². The quantitative estimate of drug-likeness (QED) is 0.603. The molecule has 144 valence electrons. The van der Waals surface area contributed by atoms with Gasteiger partial charge >= 0.3 is 0 Å². The highest BCUT2D eigenvalue weighted by Gasteiger charge is 2.18. The summed E-state index contributed by atoms with van der Waals surface area (Å²) in [4.78, 5) is 13.4. The van der Waals surface area contributed by atoms with Crippen LogP contribution >= 0.6 is 0 Å². The Hall–Kier alpha value is -2.83. The molecule has 1 saturated heterocycles. The SMILES string of the molecule is CCCNC(N)=NCc1ccnc(N2CCN(c3ccc(F)cc3)CC2)c1. The summed E-state index contributed by atoms with van der Waals surface area (Å²) in [7, 11) is 0. The van der Waals surface area contributed by atoms with Crippen LogP contribution in [0.25, 0.3) is 0 Å². The van der Waals surface area contributed by atoms with Gasteiger partial charge in [0.2, 0.25) is 0 Å². The molecule has 3 rings (SSSR count). The van der Waals surface area contributed by atoms with Crippen LogP contribution < -0.4 is 20.9 Å². The van der Waals surface area contributed by atoms with Gasteiger partial charge in [0.25, 0.3) is 0 Å². The standard InChI is InChI=1S/C20H27FN6/c1-2-8-24-20(22)25-15-16-7-9-23-19(14-16)27-12-10-26(11-13-27)18-5-3-17(21)4-6-18/h3-7,9,14H,2,8,10-13,15H2,1H3,(H3,22,24,25). The molecule has 0 unspecified atom stereocenters. The average Bonchev–Trinajstić information content (AvgIpc) is 2.71. The Morgan fingerprint density at radius 3 is 2.56 bits per heavy atom. The van der Waals surface area contributed by atoms with Gasteiger partial charge in [0, 0.05) is 44.6 Å². The third-order valence-corrected chi connectivity index (χ3v) is 4.59. The minimum absolute atomic E-state index is 0.202. The molecule has 0 radical (unpaired) electrons. The van der Waals surface area contributed by atoms with Crippen LogP contribution in [0.2, 0.25) is 0 Å². The maximum Gasteiger partial charge on any atom is 0.188 e. The van der Waals surface area contributed by atoms with Gasteiger partial charge in [-0.2, -0.15) is 0 Å². The summed E-state index contributed by atoms with van der Waals surface area (Å²) >= 11 is 0. The molecular formula is C20H27FN6. The molecule has 6 nitrogen and oxygen atoms in total. The van der Waals surface area contributed by atoms with Gasteiger partial charge in [-0.3, -0.25) is 0 Å². The Morgan fingerprint density at radius 2 is 1.85 bits per heavy atom. The van der Waals surface area contributed by atoms with Crippen molar-refractivity contribution in [2.75, 3.05) is 42.5 Å². The molecule has 0 aliphatic carbocycles. The average molecular weight is 370 g/mol. The van der Waals surface area contributed by atoms with Crippen molar-refractivity contribution in [1.29, 1.82) is 0 Å². The van der Waals surface area contributed by atoms with Crippen LogP contribution in [0.4, 0.5) is 15.9 Å². The first-order chi connectivity index (χ1) is 13.2. The normalized spacial score (nSPS) is 15.1. The van der Waals surface area contributed by atoms with Gasteiger partial charge in [-0.15, -0.1) is 0 Å². The molecule has 1 fully saturated rings. The van der Waals surface area contributed by atoms with Crippen LogP contribution in [0.3, 0.4) is 0 Å². The highest BCUT2D eigenvalue weighted by molar-refractivity contribution is 5.77. The lowest BCUT2D eigenvalue weighted by Crippen LogP contribution is -2.46. The largest absolute Gasteiger partial charge is 0.370 e. The number of aromatic nitrogens is 1. The summed E-state index contributed by atoms with van der Waals surface area (Å²) in [6, 6.07) is 10.7. The smallest absolute Gasteiger partial charge is 0.188 e. The number of anilines is 2. The molecule has 0 spiro atoms. The van der Waals surface area contributed by atoms with Gasteiger partial charge < -0.3 is 20.9 Å². The molecule has 1 aromatic carbocycles. The number of guanidine groups is 1. The highest BCUT2D eigenvalue weighted by atomic mass is 19.1. The Labute approximate surface area is 159 Å². The molecule has 1 aliphatic rings. The fourth-order valence-corrected chi connectivity index (χ4v) is 3.06. The van der Waals surface area contributed by atoms with Crippen LogP contribution in [0.15, 0.2) is 47.6 Å². The number of nitrogens with one attached hydrogen (secondary N) is 1. The summed E-state index contributed by atoms with van der Waals surface area (Å²) in [5.41, 5.74) is 8.00. The topological polar surface area (TPSA) is 69.8 Å². The number of halogens is 1.